The van der Waals surface area contributed by atoms with Crippen molar-refractivity contribution in [1.29, 1.82) is 0 Å². The standard InChI is InChI=1S/C17H36N2O/c1-5-7-9-12-16(13-10-8-6-2)17(20)18-14-11-15-19(3)4/h16H,5-15H2,1-4H3,(H,18,20). The summed E-state index contributed by atoms with van der Waals surface area (Å²) in [6, 6.07) is 0. The molecule has 0 aromatic rings. The Hall–Kier alpha value is -0.570. The molecule has 0 aliphatic carbocycles. The Morgan fingerprint density at radius 1 is 0.950 bits per heavy atom. The lowest BCUT2D eigenvalue weighted by Crippen LogP contribution is -2.32. The molecule has 0 unspecified atom stereocenters. The molecule has 0 heterocycles. The van der Waals surface area contributed by atoms with Gasteiger partial charge in [0.05, 0.1) is 0 Å². The maximum atomic E-state index is 12.3. The molecule has 0 bridgehead atoms. The minimum absolute atomic E-state index is 0.243. The van der Waals surface area contributed by atoms with Gasteiger partial charge in [0.25, 0.3) is 0 Å². The Morgan fingerprint density at radius 3 is 1.95 bits per heavy atom. The van der Waals surface area contributed by atoms with Crippen LogP contribution in [0.2, 0.25) is 0 Å². The first-order chi connectivity index (χ1) is 9.61. The Kier molecular flexibility index (Phi) is 13.0. The van der Waals surface area contributed by atoms with Crippen LogP contribution in [0.5, 0.6) is 0 Å². The van der Waals surface area contributed by atoms with Crippen LogP contribution in [0, 0.1) is 5.92 Å². The van der Waals surface area contributed by atoms with E-state index in [-0.39, 0.29) is 11.8 Å². The average molecular weight is 284 g/mol. The summed E-state index contributed by atoms with van der Waals surface area (Å²) < 4.78 is 0. The summed E-state index contributed by atoms with van der Waals surface area (Å²) in [5, 5.41) is 3.13. The first kappa shape index (κ1) is 19.4. The summed E-state index contributed by atoms with van der Waals surface area (Å²) in [6.45, 7) is 6.28. The second-order valence-electron chi connectivity index (χ2n) is 6.14. The number of rotatable bonds is 13. The minimum atomic E-state index is 0.243. The van der Waals surface area contributed by atoms with Gasteiger partial charge in [0.15, 0.2) is 0 Å². The fourth-order valence-electron chi connectivity index (χ4n) is 2.44. The minimum Gasteiger partial charge on any atom is -0.356 e. The van der Waals surface area contributed by atoms with Gasteiger partial charge in [-0.05, 0) is 39.9 Å². The highest BCUT2D eigenvalue weighted by atomic mass is 16.1. The molecule has 0 fully saturated rings. The Bertz CT molecular complexity index is 219. The van der Waals surface area contributed by atoms with Crippen LogP contribution in [-0.2, 0) is 4.79 Å². The van der Waals surface area contributed by atoms with Crippen molar-refractivity contribution in [1.82, 2.24) is 10.2 Å². The second kappa shape index (κ2) is 13.4. The molecule has 0 rings (SSSR count). The van der Waals surface area contributed by atoms with Gasteiger partial charge >= 0.3 is 0 Å². The van der Waals surface area contributed by atoms with Gasteiger partial charge in [-0.15, -0.1) is 0 Å². The van der Waals surface area contributed by atoms with E-state index in [1.165, 1.54) is 38.5 Å². The molecule has 0 aliphatic rings. The lowest BCUT2D eigenvalue weighted by atomic mass is 9.94. The molecule has 0 aromatic heterocycles. The van der Waals surface area contributed by atoms with Crippen LogP contribution >= 0.6 is 0 Å². The third-order valence-electron chi connectivity index (χ3n) is 3.76. The van der Waals surface area contributed by atoms with E-state index in [1.54, 1.807) is 0 Å². The zero-order valence-electron chi connectivity index (χ0n) is 14.2. The smallest absolute Gasteiger partial charge is 0.223 e. The summed E-state index contributed by atoms with van der Waals surface area (Å²) in [6.07, 6.45) is 10.5. The molecule has 0 atom stereocenters. The first-order valence-corrected chi connectivity index (χ1v) is 8.54. The van der Waals surface area contributed by atoms with E-state index >= 15 is 0 Å². The molecule has 0 spiro atoms. The van der Waals surface area contributed by atoms with Crippen molar-refractivity contribution in [3.05, 3.63) is 0 Å². The van der Waals surface area contributed by atoms with Crippen LogP contribution in [0.15, 0.2) is 0 Å². The molecule has 1 amide bonds. The topological polar surface area (TPSA) is 32.3 Å². The van der Waals surface area contributed by atoms with Crippen molar-refractivity contribution in [2.24, 2.45) is 5.92 Å². The molecular formula is C17H36N2O. The SMILES string of the molecule is CCCCCC(CCCCC)C(=O)NCCCN(C)C. The van der Waals surface area contributed by atoms with E-state index in [1.807, 2.05) is 0 Å². The molecule has 1 N–H and O–H groups in total. The van der Waals surface area contributed by atoms with E-state index in [0.717, 1.165) is 32.4 Å². The van der Waals surface area contributed by atoms with E-state index in [0.29, 0.717) is 0 Å². The van der Waals surface area contributed by atoms with Gasteiger partial charge in [-0.1, -0.05) is 52.4 Å². The van der Waals surface area contributed by atoms with E-state index < -0.39 is 0 Å². The predicted molar refractivity (Wildman–Crippen MR) is 88.0 cm³/mol. The summed E-state index contributed by atoms with van der Waals surface area (Å²) in [5.41, 5.74) is 0. The van der Waals surface area contributed by atoms with Crippen LogP contribution in [0.3, 0.4) is 0 Å². The van der Waals surface area contributed by atoms with Crippen LogP contribution in [0.1, 0.15) is 71.6 Å². The van der Waals surface area contributed by atoms with E-state index in [9.17, 15) is 4.79 Å². The number of carbonyl (C=O) groups is 1. The Morgan fingerprint density at radius 2 is 1.50 bits per heavy atom. The zero-order valence-corrected chi connectivity index (χ0v) is 14.2. The van der Waals surface area contributed by atoms with Crippen LogP contribution in [0.25, 0.3) is 0 Å². The van der Waals surface area contributed by atoms with Gasteiger partial charge in [0, 0.05) is 12.5 Å². The number of nitrogens with zero attached hydrogens (tertiary/aromatic N) is 1. The molecule has 3 heteroatoms. The second-order valence-corrected chi connectivity index (χ2v) is 6.14. The van der Waals surface area contributed by atoms with Crippen LogP contribution in [-0.4, -0.2) is 38.0 Å². The molecule has 120 valence electrons. The molecule has 0 radical (unpaired) electrons. The molecule has 0 aliphatic heterocycles. The average Bonchev–Trinajstić information content (AvgIpc) is 2.42. The number of amides is 1. The summed E-state index contributed by atoms with van der Waals surface area (Å²) >= 11 is 0. The number of nitrogens with one attached hydrogen (secondary N) is 1. The van der Waals surface area contributed by atoms with E-state index in [4.69, 9.17) is 0 Å². The summed E-state index contributed by atoms with van der Waals surface area (Å²) in [7, 11) is 4.14. The van der Waals surface area contributed by atoms with Gasteiger partial charge < -0.3 is 10.2 Å². The molecule has 0 aromatic carbocycles. The van der Waals surface area contributed by atoms with Crippen molar-refractivity contribution >= 4 is 5.91 Å². The van der Waals surface area contributed by atoms with Crippen molar-refractivity contribution < 1.29 is 4.79 Å². The van der Waals surface area contributed by atoms with Crippen molar-refractivity contribution in [3.8, 4) is 0 Å². The normalized spacial score (nSPS) is 11.3. The maximum Gasteiger partial charge on any atom is 0.223 e. The van der Waals surface area contributed by atoms with Gasteiger partial charge in [0.2, 0.25) is 5.91 Å². The Balaban J connectivity index is 3.97. The highest BCUT2D eigenvalue weighted by Crippen LogP contribution is 2.17. The lowest BCUT2D eigenvalue weighted by Gasteiger charge is -2.17. The fourth-order valence-corrected chi connectivity index (χ4v) is 2.44. The molecule has 3 nitrogen and oxygen atoms in total. The van der Waals surface area contributed by atoms with Crippen LogP contribution in [0.4, 0.5) is 0 Å². The largest absolute Gasteiger partial charge is 0.356 e. The van der Waals surface area contributed by atoms with Crippen LogP contribution < -0.4 is 5.32 Å². The van der Waals surface area contributed by atoms with Gasteiger partial charge in [0.1, 0.15) is 0 Å². The third-order valence-corrected chi connectivity index (χ3v) is 3.76. The highest BCUT2D eigenvalue weighted by Gasteiger charge is 2.16. The Labute approximate surface area is 126 Å². The van der Waals surface area contributed by atoms with Crippen molar-refractivity contribution in [2.75, 3.05) is 27.2 Å². The van der Waals surface area contributed by atoms with Gasteiger partial charge in [-0.2, -0.15) is 0 Å². The van der Waals surface area contributed by atoms with Crippen molar-refractivity contribution in [3.63, 3.8) is 0 Å². The number of hydrogen-bond acceptors (Lipinski definition) is 2. The molecule has 20 heavy (non-hydrogen) atoms. The zero-order chi connectivity index (χ0) is 15.2. The number of carbonyl (C=O) groups excluding carboxylic acids is 1. The number of unbranched alkanes of at least 4 members (excludes halogenated alkanes) is 4. The third kappa shape index (κ3) is 11.3. The summed E-state index contributed by atoms with van der Waals surface area (Å²) in [4.78, 5) is 14.4. The quantitative estimate of drug-likeness (QED) is 0.521. The maximum absolute atomic E-state index is 12.3. The highest BCUT2D eigenvalue weighted by molar-refractivity contribution is 5.78. The lowest BCUT2D eigenvalue weighted by molar-refractivity contribution is -0.125. The van der Waals surface area contributed by atoms with Gasteiger partial charge in [-0.3, -0.25) is 4.79 Å². The monoisotopic (exact) mass is 284 g/mol. The predicted octanol–water partition coefficient (Wildman–Crippen LogP) is 3.83. The summed E-state index contributed by atoms with van der Waals surface area (Å²) in [5.74, 6) is 0.531. The number of hydrogen-bond donors (Lipinski definition) is 1. The molecule has 0 saturated carbocycles. The van der Waals surface area contributed by atoms with E-state index in [2.05, 4.69) is 38.2 Å². The first-order valence-electron chi connectivity index (χ1n) is 8.54. The molecule has 0 saturated heterocycles. The fraction of sp³-hybridized carbons (Fsp3) is 0.941. The molecular weight excluding hydrogens is 248 g/mol. The van der Waals surface area contributed by atoms with Gasteiger partial charge in [-0.25, -0.2) is 0 Å². The van der Waals surface area contributed by atoms with Crippen molar-refractivity contribution in [2.45, 2.75) is 71.6 Å².